The van der Waals surface area contributed by atoms with Gasteiger partial charge in [0.05, 0.1) is 11.1 Å². The molecule has 1 aliphatic heterocycles. The smallest absolute Gasteiger partial charge is 0.289 e. The van der Waals surface area contributed by atoms with Crippen LogP contribution in [-0.4, -0.2) is 35.1 Å². The third-order valence-electron chi connectivity index (χ3n) is 4.30. The van der Waals surface area contributed by atoms with Crippen LogP contribution in [0.2, 0.25) is 5.02 Å². The van der Waals surface area contributed by atoms with E-state index in [1.807, 2.05) is 19.1 Å². The summed E-state index contributed by atoms with van der Waals surface area (Å²) in [4.78, 5) is 14.4. The average molecular weight is 308 g/mol. The summed E-state index contributed by atoms with van der Waals surface area (Å²) in [5.74, 6) is 0.370. The van der Waals surface area contributed by atoms with Crippen LogP contribution in [0.15, 0.2) is 22.6 Å². The minimum absolute atomic E-state index is 0.122. The first kappa shape index (κ1) is 14.4. The minimum Gasteiger partial charge on any atom is -0.449 e. The molecule has 0 bridgehead atoms. The highest BCUT2D eigenvalue weighted by Crippen LogP contribution is 2.32. The molecule has 0 aliphatic carbocycles. The third-order valence-corrected chi connectivity index (χ3v) is 4.60. The molecule has 1 aromatic heterocycles. The number of hydrogen-bond donors (Lipinski definition) is 1. The number of aryl methyl sites for hydroxylation is 1. The second-order valence-corrected chi connectivity index (χ2v) is 6.12. The molecule has 2 unspecified atom stereocenters. The summed E-state index contributed by atoms with van der Waals surface area (Å²) in [5.41, 5.74) is 1.38. The highest BCUT2D eigenvalue weighted by molar-refractivity contribution is 6.35. The molecular formula is C16H18ClNO3. The first-order valence-electron chi connectivity index (χ1n) is 7.14. The number of carbonyl (C=O) groups is 1. The lowest BCUT2D eigenvalue weighted by atomic mass is 10.0. The molecular weight excluding hydrogens is 290 g/mol. The fourth-order valence-corrected chi connectivity index (χ4v) is 3.14. The predicted octanol–water partition coefficient (Wildman–Crippen LogP) is 3.24. The van der Waals surface area contributed by atoms with E-state index >= 15 is 0 Å². The van der Waals surface area contributed by atoms with Crippen molar-refractivity contribution in [2.24, 2.45) is 5.92 Å². The molecule has 21 heavy (non-hydrogen) atoms. The maximum Gasteiger partial charge on any atom is 0.289 e. The van der Waals surface area contributed by atoms with Crippen molar-refractivity contribution < 1.29 is 14.3 Å². The SMILES string of the molecule is Cc1c(C(=O)N2CCC(C(C)O)C2)oc2c(Cl)cccc12. The molecule has 0 saturated carbocycles. The number of carbonyl (C=O) groups excluding carboxylic acids is 1. The van der Waals surface area contributed by atoms with Gasteiger partial charge in [-0.2, -0.15) is 0 Å². The molecule has 2 heterocycles. The number of furan rings is 1. The fraction of sp³-hybridized carbons (Fsp3) is 0.438. The van der Waals surface area contributed by atoms with Gasteiger partial charge >= 0.3 is 0 Å². The number of rotatable bonds is 2. The van der Waals surface area contributed by atoms with Crippen molar-refractivity contribution in [1.29, 1.82) is 0 Å². The Hall–Kier alpha value is -1.52. The largest absolute Gasteiger partial charge is 0.449 e. The van der Waals surface area contributed by atoms with E-state index in [4.69, 9.17) is 16.0 Å². The first-order chi connectivity index (χ1) is 9.99. The Labute approximate surface area is 128 Å². The lowest BCUT2D eigenvalue weighted by Gasteiger charge is -2.16. The van der Waals surface area contributed by atoms with Crippen LogP contribution in [0.1, 0.15) is 29.5 Å². The molecule has 1 fully saturated rings. The number of benzene rings is 1. The number of fused-ring (bicyclic) bond motifs is 1. The van der Waals surface area contributed by atoms with Gasteiger partial charge in [-0.05, 0) is 26.3 Å². The molecule has 4 nitrogen and oxygen atoms in total. The van der Waals surface area contributed by atoms with E-state index in [2.05, 4.69) is 0 Å². The highest BCUT2D eigenvalue weighted by atomic mass is 35.5. The van der Waals surface area contributed by atoms with E-state index in [9.17, 15) is 9.90 Å². The molecule has 2 aromatic rings. The maximum absolute atomic E-state index is 12.6. The number of halogens is 1. The molecule has 0 spiro atoms. The van der Waals surface area contributed by atoms with Crippen molar-refractivity contribution in [1.82, 2.24) is 4.90 Å². The van der Waals surface area contributed by atoms with Crippen LogP contribution in [0.4, 0.5) is 0 Å². The van der Waals surface area contributed by atoms with Crippen LogP contribution >= 0.6 is 11.6 Å². The highest BCUT2D eigenvalue weighted by Gasteiger charge is 2.32. The van der Waals surface area contributed by atoms with Crippen molar-refractivity contribution in [3.63, 3.8) is 0 Å². The Morgan fingerprint density at radius 1 is 1.52 bits per heavy atom. The lowest BCUT2D eigenvalue weighted by molar-refractivity contribution is 0.0733. The topological polar surface area (TPSA) is 53.7 Å². The molecule has 3 rings (SSSR count). The zero-order valence-corrected chi connectivity index (χ0v) is 12.9. The van der Waals surface area contributed by atoms with Gasteiger partial charge in [-0.25, -0.2) is 0 Å². The summed E-state index contributed by atoms with van der Waals surface area (Å²) in [6.07, 6.45) is 0.428. The quantitative estimate of drug-likeness (QED) is 0.926. The molecule has 1 N–H and O–H groups in total. The zero-order valence-electron chi connectivity index (χ0n) is 12.1. The second-order valence-electron chi connectivity index (χ2n) is 5.71. The van der Waals surface area contributed by atoms with E-state index in [1.54, 1.807) is 17.9 Å². The fourth-order valence-electron chi connectivity index (χ4n) is 2.92. The van der Waals surface area contributed by atoms with Crippen LogP contribution in [0, 0.1) is 12.8 Å². The molecule has 1 aliphatic rings. The third kappa shape index (κ3) is 2.43. The molecule has 0 radical (unpaired) electrons. The van der Waals surface area contributed by atoms with Crippen molar-refractivity contribution in [3.05, 3.63) is 34.5 Å². The Morgan fingerprint density at radius 2 is 2.29 bits per heavy atom. The molecule has 1 aromatic carbocycles. The zero-order chi connectivity index (χ0) is 15.1. The second kappa shape index (κ2) is 5.35. The predicted molar refractivity (Wildman–Crippen MR) is 81.7 cm³/mol. The van der Waals surface area contributed by atoms with Gasteiger partial charge in [0.15, 0.2) is 11.3 Å². The van der Waals surface area contributed by atoms with Crippen molar-refractivity contribution in [2.45, 2.75) is 26.4 Å². The van der Waals surface area contributed by atoms with Gasteiger partial charge in [0.2, 0.25) is 0 Å². The molecule has 5 heteroatoms. The Balaban J connectivity index is 1.92. The van der Waals surface area contributed by atoms with E-state index < -0.39 is 6.10 Å². The number of aliphatic hydroxyl groups is 1. The van der Waals surface area contributed by atoms with Crippen LogP contribution in [-0.2, 0) is 0 Å². The van der Waals surface area contributed by atoms with Crippen molar-refractivity contribution in [2.75, 3.05) is 13.1 Å². The lowest BCUT2D eigenvalue weighted by Crippen LogP contribution is -2.30. The van der Waals surface area contributed by atoms with E-state index in [-0.39, 0.29) is 11.8 Å². The Kier molecular flexibility index (Phi) is 3.68. The van der Waals surface area contributed by atoms with Gasteiger partial charge in [-0.15, -0.1) is 0 Å². The van der Waals surface area contributed by atoms with Crippen LogP contribution in [0.5, 0.6) is 0 Å². The van der Waals surface area contributed by atoms with Crippen LogP contribution < -0.4 is 0 Å². The average Bonchev–Trinajstić information content (AvgIpc) is 3.05. The monoisotopic (exact) mass is 307 g/mol. The normalized spacial score (nSPS) is 20.2. The Morgan fingerprint density at radius 3 is 2.90 bits per heavy atom. The van der Waals surface area contributed by atoms with Crippen molar-refractivity contribution >= 4 is 28.5 Å². The van der Waals surface area contributed by atoms with Gasteiger partial charge in [0.25, 0.3) is 5.91 Å². The van der Waals surface area contributed by atoms with Crippen LogP contribution in [0.3, 0.4) is 0 Å². The summed E-state index contributed by atoms with van der Waals surface area (Å²) in [5, 5.41) is 11.0. The van der Waals surface area contributed by atoms with Gasteiger partial charge in [0, 0.05) is 30.0 Å². The molecule has 1 amide bonds. The van der Waals surface area contributed by atoms with E-state index in [1.165, 1.54) is 0 Å². The van der Waals surface area contributed by atoms with Gasteiger partial charge < -0.3 is 14.4 Å². The first-order valence-corrected chi connectivity index (χ1v) is 7.51. The molecule has 112 valence electrons. The van der Waals surface area contributed by atoms with Gasteiger partial charge in [0.1, 0.15) is 0 Å². The van der Waals surface area contributed by atoms with E-state index in [0.717, 1.165) is 17.4 Å². The molecule has 2 atom stereocenters. The Bertz CT molecular complexity index is 692. The minimum atomic E-state index is -0.394. The summed E-state index contributed by atoms with van der Waals surface area (Å²) in [7, 11) is 0. The summed E-state index contributed by atoms with van der Waals surface area (Å²) >= 11 is 6.12. The van der Waals surface area contributed by atoms with Gasteiger partial charge in [-0.3, -0.25) is 4.79 Å². The van der Waals surface area contributed by atoms with Crippen LogP contribution in [0.25, 0.3) is 11.0 Å². The molecule has 1 saturated heterocycles. The number of likely N-dealkylation sites (tertiary alicyclic amines) is 1. The number of para-hydroxylation sites is 1. The summed E-state index contributed by atoms with van der Waals surface area (Å²) in [6, 6.07) is 5.50. The standard InChI is InChI=1S/C16H18ClNO3/c1-9-12-4-3-5-13(17)15(12)21-14(9)16(20)18-7-6-11(8-18)10(2)19/h3-5,10-11,19H,6-8H2,1-2H3. The number of nitrogens with zero attached hydrogens (tertiary/aromatic N) is 1. The summed E-state index contributed by atoms with van der Waals surface area (Å²) < 4.78 is 5.71. The maximum atomic E-state index is 12.6. The van der Waals surface area contributed by atoms with Crippen molar-refractivity contribution in [3.8, 4) is 0 Å². The number of aliphatic hydroxyl groups excluding tert-OH is 1. The number of amides is 1. The number of hydrogen-bond acceptors (Lipinski definition) is 3. The summed E-state index contributed by atoms with van der Waals surface area (Å²) in [6.45, 7) is 4.86. The van der Waals surface area contributed by atoms with Gasteiger partial charge in [-0.1, -0.05) is 23.7 Å². The van der Waals surface area contributed by atoms with E-state index in [0.29, 0.717) is 29.5 Å².